The first-order chi connectivity index (χ1) is 14.1. The molecule has 2 aromatic heterocycles. The van der Waals surface area contributed by atoms with Crippen LogP contribution in [0.2, 0.25) is 0 Å². The minimum Gasteiger partial charge on any atom is -0.454 e. The third-order valence-electron chi connectivity index (χ3n) is 4.57. The fraction of sp³-hybridized carbons (Fsp3) is 0.0476. The number of halogens is 1. The minimum absolute atomic E-state index is 0.208. The normalized spacial score (nSPS) is 12.3. The summed E-state index contributed by atoms with van der Waals surface area (Å²) in [5.74, 6) is 0.649. The zero-order valence-corrected chi connectivity index (χ0v) is 15.8. The zero-order chi connectivity index (χ0) is 20.0. The van der Waals surface area contributed by atoms with E-state index in [2.05, 4.69) is 10.3 Å². The van der Waals surface area contributed by atoms with Crippen molar-refractivity contribution in [3.05, 3.63) is 65.3 Å². The molecule has 29 heavy (non-hydrogen) atoms. The SMILES string of the molecule is Nc1c(C(=O)Nc2ccc(F)cc2)sc2nc(-c3ccc4c(c3)OCO4)ccc12. The number of anilines is 2. The van der Waals surface area contributed by atoms with Crippen LogP contribution in [0, 0.1) is 5.82 Å². The number of carbonyl (C=O) groups excluding carboxylic acids is 1. The summed E-state index contributed by atoms with van der Waals surface area (Å²) in [5, 5.41) is 3.44. The Morgan fingerprint density at radius 2 is 1.86 bits per heavy atom. The highest BCUT2D eigenvalue weighted by Gasteiger charge is 2.19. The van der Waals surface area contributed by atoms with E-state index in [0.717, 1.165) is 11.3 Å². The number of nitrogens with one attached hydrogen (secondary N) is 1. The number of hydrogen-bond donors (Lipinski definition) is 2. The molecular weight excluding hydrogens is 393 g/mol. The molecule has 1 aliphatic rings. The lowest BCUT2D eigenvalue weighted by molar-refractivity contribution is 0.103. The average Bonchev–Trinajstić information content (AvgIpc) is 3.33. The van der Waals surface area contributed by atoms with Crippen LogP contribution in [0.4, 0.5) is 15.8 Å². The van der Waals surface area contributed by atoms with Crippen molar-refractivity contribution in [3.63, 3.8) is 0 Å². The van der Waals surface area contributed by atoms with Crippen LogP contribution in [0.15, 0.2) is 54.6 Å². The Balaban J connectivity index is 1.48. The van der Waals surface area contributed by atoms with Crippen molar-refractivity contribution in [3.8, 4) is 22.8 Å². The summed E-state index contributed by atoms with van der Waals surface area (Å²) in [4.78, 5) is 18.3. The van der Waals surface area contributed by atoms with Crippen LogP contribution in [-0.2, 0) is 0 Å². The van der Waals surface area contributed by atoms with Crippen molar-refractivity contribution in [1.29, 1.82) is 0 Å². The summed E-state index contributed by atoms with van der Waals surface area (Å²) in [6.45, 7) is 0.208. The van der Waals surface area contributed by atoms with Gasteiger partial charge in [-0.1, -0.05) is 0 Å². The lowest BCUT2D eigenvalue weighted by atomic mass is 10.1. The van der Waals surface area contributed by atoms with Gasteiger partial charge in [-0.05, 0) is 54.6 Å². The highest BCUT2D eigenvalue weighted by Crippen LogP contribution is 2.38. The van der Waals surface area contributed by atoms with E-state index in [1.165, 1.54) is 35.6 Å². The summed E-state index contributed by atoms with van der Waals surface area (Å²) < 4.78 is 23.8. The van der Waals surface area contributed by atoms with Crippen molar-refractivity contribution < 1.29 is 18.7 Å². The number of aromatic nitrogens is 1. The number of nitrogen functional groups attached to an aromatic ring is 1. The molecule has 6 nitrogen and oxygen atoms in total. The fourth-order valence-electron chi connectivity index (χ4n) is 3.10. The number of nitrogens with zero attached hydrogens (tertiary/aromatic N) is 1. The number of carbonyl (C=O) groups is 1. The molecule has 2 aromatic carbocycles. The highest BCUT2D eigenvalue weighted by atomic mass is 32.1. The van der Waals surface area contributed by atoms with Crippen LogP contribution in [0.25, 0.3) is 21.5 Å². The quantitative estimate of drug-likeness (QED) is 0.516. The third kappa shape index (κ3) is 3.13. The molecule has 1 amide bonds. The topological polar surface area (TPSA) is 86.5 Å². The highest BCUT2D eigenvalue weighted by molar-refractivity contribution is 7.21. The summed E-state index contributed by atoms with van der Waals surface area (Å²) in [6, 6.07) is 14.9. The maximum Gasteiger partial charge on any atom is 0.267 e. The first-order valence-electron chi connectivity index (χ1n) is 8.74. The lowest BCUT2D eigenvalue weighted by Crippen LogP contribution is -2.11. The smallest absolute Gasteiger partial charge is 0.267 e. The molecule has 4 aromatic rings. The molecule has 0 spiro atoms. The molecule has 0 bridgehead atoms. The Bertz CT molecular complexity index is 1250. The minimum atomic E-state index is -0.371. The van der Waals surface area contributed by atoms with Crippen molar-refractivity contribution in [1.82, 2.24) is 4.98 Å². The number of nitrogens with two attached hydrogens (primary N) is 1. The van der Waals surface area contributed by atoms with Gasteiger partial charge < -0.3 is 20.5 Å². The van der Waals surface area contributed by atoms with E-state index in [4.69, 9.17) is 15.2 Å². The van der Waals surface area contributed by atoms with E-state index < -0.39 is 0 Å². The third-order valence-corrected chi connectivity index (χ3v) is 5.68. The number of fused-ring (bicyclic) bond motifs is 2. The van der Waals surface area contributed by atoms with E-state index in [-0.39, 0.29) is 18.5 Å². The van der Waals surface area contributed by atoms with Crippen LogP contribution >= 0.6 is 11.3 Å². The van der Waals surface area contributed by atoms with Gasteiger partial charge in [-0.3, -0.25) is 4.79 Å². The standard InChI is InChI=1S/C21H14FN3O3S/c22-12-2-4-13(5-3-12)24-20(26)19-18(23)14-6-7-15(25-21(14)29-19)11-1-8-16-17(9-11)28-10-27-16/h1-9H,10,23H2,(H,24,26). The summed E-state index contributed by atoms with van der Waals surface area (Å²) in [7, 11) is 0. The number of benzene rings is 2. The average molecular weight is 407 g/mol. The van der Waals surface area contributed by atoms with E-state index in [0.29, 0.717) is 38.0 Å². The molecule has 0 saturated carbocycles. The Hall–Kier alpha value is -3.65. The molecule has 1 aliphatic heterocycles. The Morgan fingerprint density at radius 3 is 2.69 bits per heavy atom. The largest absolute Gasteiger partial charge is 0.454 e. The molecule has 0 fully saturated rings. The second-order valence-electron chi connectivity index (χ2n) is 6.42. The predicted octanol–water partition coefficient (Wildman–Crippen LogP) is 4.67. The Morgan fingerprint density at radius 1 is 1.07 bits per heavy atom. The molecule has 0 aliphatic carbocycles. The van der Waals surface area contributed by atoms with E-state index >= 15 is 0 Å². The monoisotopic (exact) mass is 407 g/mol. The van der Waals surface area contributed by atoms with Gasteiger partial charge in [0.05, 0.1) is 11.4 Å². The van der Waals surface area contributed by atoms with E-state index in [1.54, 1.807) is 0 Å². The van der Waals surface area contributed by atoms with Gasteiger partial charge in [-0.25, -0.2) is 9.37 Å². The van der Waals surface area contributed by atoms with Gasteiger partial charge in [-0.15, -0.1) is 11.3 Å². The first kappa shape index (κ1) is 17.4. The fourth-order valence-corrected chi connectivity index (χ4v) is 4.09. The van der Waals surface area contributed by atoms with Crippen LogP contribution in [-0.4, -0.2) is 17.7 Å². The van der Waals surface area contributed by atoms with Crippen LogP contribution in [0.1, 0.15) is 9.67 Å². The van der Waals surface area contributed by atoms with Gasteiger partial charge in [0.1, 0.15) is 15.5 Å². The molecular formula is C21H14FN3O3S. The van der Waals surface area contributed by atoms with Crippen molar-refractivity contribution in [2.75, 3.05) is 17.8 Å². The number of hydrogen-bond acceptors (Lipinski definition) is 6. The maximum atomic E-state index is 13.0. The number of amides is 1. The molecule has 8 heteroatoms. The molecule has 0 unspecified atom stereocenters. The van der Waals surface area contributed by atoms with Gasteiger partial charge in [0.15, 0.2) is 11.5 Å². The Kier molecular flexibility index (Phi) is 4.06. The summed E-state index contributed by atoms with van der Waals surface area (Å²) in [6.07, 6.45) is 0. The van der Waals surface area contributed by atoms with Crippen LogP contribution < -0.4 is 20.5 Å². The molecule has 3 heterocycles. The molecule has 144 valence electrons. The Labute approximate surface area is 168 Å². The van der Waals surface area contributed by atoms with Crippen LogP contribution in [0.3, 0.4) is 0 Å². The van der Waals surface area contributed by atoms with Crippen LogP contribution in [0.5, 0.6) is 11.5 Å². The molecule has 0 saturated heterocycles. The van der Waals surface area contributed by atoms with Gasteiger partial charge in [0.2, 0.25) is 6.79 Å². The number of thiophene rings is 1. The second-order valence-corrected chi connectivity index (χ2v) is 7.42. The van der Waals surface area contributed by atoms with Gasteiger partial charge >= 0.3 is 0 Å². The maximum absolute atomic E-state index is 13.0. The molecule has 5 rings (SSSR count). The molecule has 0 atom stereocenters. The number of ether oxygens (including phenoxy) is 2. The number of rotatable bonds is 3. The van der Waals surface area contributed by atoms with Crippen molar-refractivity contribution in [2.24, 2.45) is 0 Å². The first-order valence-corrected chi connectivity index (χ1v) is 9.56. The summed E-state index contributed by atoms with van der Waals surface area (Å²) in [5.41, 5.74) is 8.67. The van der Waals surface area contributed by atoms with E-state index in [9.17, 15) is 9.18 Å². The number of pyridine rings is 1. The predicted molar refractivity (Wildman–Crippen MR) is 110 cm³/mol. The van der Waals surface area contributed by atoms with Crippen molar-refractivity contribution in [2.45, 2.75) is 0 Å². The molecule has 0 radical (unpaired) electrons. The van der Waals surface area contributed by atoms with Gasteiger partial charge in [0.25, 0.3) is 5.91 Å². The zero-order valence-electron chi connectivity index (χ0n) is 14.9. The van der Waals surface area contributed by atoms with Gasteiger partial charge in [0, 0.05) is 16.6 Å². The van der Waals surface area contributed by atoms with Crippen molar-refractivity contribution >= 4 is 38.8 Å². The molecule has 3 N–H and O–H groups in total. The second kappa shape index (κ2) is 6.75. The van der Waals surface area contributed by atoms with E-state index in [1.807, 2.05) is 30.3 Å². The lowest BCUT2D eigenvalue weighted by Gasteiger charge is -2.04. The van der Waals surface area contributed by atoms with Gasteiger partial charge in [-0.2, -0.15) is 0 Å². The summed E-state index contributed by atoms with van der Waals surface area (Å²) >= 11 is 1.21.